The Morgan fingerprint density at radius 2 is 2.10 bits per heavy atom. The maximum Gasteiger partial charge on any atom is 0.315 e. The molecule has 0 fully saturated rings. The van der Waals surface area contributed by atoms with E-state index >= 15 is 0 Å². The molecule has 2 amide bonds. The molecule has 0 aliphatic heterocycles. The van der Waals surface area contributed by atoms with Crippen LogP contribution < -0.4 is 16.0 Å². The molecular weight excluding hydrogens is 310 g/mol. The molecule has 0 bridgehead atoms. The fourth-order valence-corrected chi connectivity index (χ4v) is 2.68. The number of rotatable bonds is 6. The fraction of sp³-hybridized carbons (Fsp3) is 0.308. The molecule has 0 aliphatic rings. The molecule has 3 N–H and O–H groups in total. The number of anilines is 1. The van der Waals surface area contributed by atoms with Crippen LogP contribution in [0.25, 0.3) is 0 Å². The van der Waals surface area contributed by atoms with E-state index in [1.807, 2.05) is 19.1 Å². The second kappa shape index (κ2) is 7.80. The summed E-state index contributed by atoms with van der Waals surface area (Å²) in [7, 11) is 0. The van der Waals surface area contributed by atoms with Crippen LogP contribution in [0, 0.1) is 0 Å². The number of hydrogen-bond donors (Lipinski definition) is 3. The van der Waals surface area contributed by atoms with Crippen LogP contribution in [0.1, 0.15) is 17.8 Å². The zero-order valence-electron chi connectivity index (χ0n) is 11.5. The molecule has 0 spiro atoms. The fourth-order valence-electron chi connectivity index (χ4n) is 1.62. The van der Waals surface area contributed by atoms with Crippen molar-refractivity contribution in [2.75, 3.05) is 18.4 Å². The first-order chi connectivity index (χ1) is 10.1. The van der Waals surface area contributed by atoms with Crippen LogP contribution in [0.3, 0.4) is 0 Å². The number of carbonyl (C=O) groups is 1. The summed E-state index contributed by atoms with van der Waals surface area (Å²) in [6.45, 7) is 2.94. The third kappa shape index (κ3) is 5.20. The molecule has 112 valence electrons. The van der Waals surface area contributed by atoms with Gasteiger partial charge < -0.3 is 16.0 Å². The van der Waals surface area contributed by atoms with E-state index in [4.69, 9.17) is 11.6 Å². The van der Waals surface area contributed by atoms with Gasteiger partial charge in [-0.05, 0) is 25.1 Å². The Balaban J connectivity index is 1.65. The normalized spacial score (nSPS) is 11.7. The van der Waals surface area contributed by atoms with Crippen molar-refractivity contribution in [2.24, 2.45) is 0 Å². The van der Waals surface area contributed by atoms with Gasteiger partial charge in [-0.2, -0.15) is 0 Å². The molecule has 2 aromatic rings. The zero-order chi connectivity index (χ0) is 15.1. The molecule has 0 saturated heterocycles. The van der Waals surface area contributed by atoms with Crippen LogP contribution >= 0.6 is 22.9 Å². The maximum atomic E-state index is 11.7. The van der Waals surface area contributed by atoms with Crippen LogP contribution in [-0.4, -0.2) is 29.1 Å². The summed E-state index contributed by atoms with van der Waals surface area (Å²) in [4.78, 5) is 20.8. The third-order valence-corrected chi connectivity index (χ3v) is 4.04. The molecular formula is C13H16ClN5OS. The van der Waals surface area contributed by atoms with Gasteiger partial charge in [0.15, 0.2) is 0 Å². The monoisotopic (exact) mass is 325 g/mol. The molecule has 2 aromatic heterocycles. The second-order valence-electron chi connectivity index (χ2n) is 4.26. The molecule has 2 heterocycles. The predicted octanol–water partition coefficient (Wildman–Crippen LogP) is 2.66. The van der Waals surface area contributed by atoms with Crippen molar-refractivity contribution in [1.82, 2.24) is 20.6 Å². The molecule has 2 rings (SSSR count). The average Bonchev–Trinajstić information content (AvgIpc) is 2.91. The van der Waals surface area contributed by atoms with Crippen LogP contribution in [0.2, 0.25) is 4.34 Å². The third-order valence-electron chi connectivity index (χ3n) is 2.63. The van der Waals surface area contributed by atoms with Gasteiger partial charge in [-0.1, -0.05) is 11.6 Å². The highest BCUT2D eigenvalue weighted by Crippen LogP contribution is 2.26. The smallest absolute Gasteiger partial charge is 0.315 e. The summed E-state index contributed by atoms with van der Waals surface area (Å²) in [5.41, 5.74) is 0. The molecule has 6 nitrogen and oxygen atoms in total. The quantitative estimate of drug-likeness (QED) is 0.713. The van der Waals surface area contributed by atoms with E-state index in [0.717, 1.165) is 4.88 Å². The van der Waals surface area contributed by atoms with E-state index in [0.29, 0.717) is 23.4 Å². The topological polar surface area (TPSA) is 78.9 Å². The summed E-state index contributed by atoms with van der Waals surface area (Å²) in [6, 6.07) is 5.18. The molecule has 8 heteroatoms. The van der Waals surface area contributed by atoms with E-state index in [1.165, 1.54) is 11.3 Å². The lowest BCUT2D eigenvalue weighted by Crippen LogP contribution is -2.39. The maximum absolute atomic E-state index is 11.7. The first-order valence-corrected chi connectivity index (χ1v) is 7.65. The number of nitrogens with zero attached hydrogens (tertiary/aromatic N) is 2. The van der Waals surface area contributed by atoms with Gasteiger partial charge >= 0.3 is 6.03 Å². The van der Waals surface area contributed by atoms with Crippen LogP contribution in [0.5, 0.6) is 0 Å². The zero-order valence-corrected chi connectivity index (χ0v) is 13.0. The molecule has 0 aliphatic carbocycles. The van der Waals surface area contributed by atoms with E-state index in [1.54, 1.807) is 18.5 Å². The number of amides is 2. The Bertz CT molecular complexity index is 577. The second-order valence-corrected chi connectivity index (χ2v) is 6.01. The summed E-state index contributed by atoms with van der Waals surface area (Å²) < 4.78 is 0.714. The van der Waals surface area contributed by atoms with Crippen LogP contribution in [0.15, 0.2) is 30.6 Å². The van der Waals surface area contributed by atoms with E-state index in [2.05, 4.69) is 25.9 Å². The van der Waals surface area contributed by atoms with Crippen molar-refractivity contribution < 1.29 is 4.79 Å². The Labute approximate surface area is 132 Å². The Morgan fingerprint density at radius 1 is 1.33 bits per heavy atom. The number of nitrogens with one attached hydrogen (secondary N) is 3. The summed E-state index contributed by atoms with van der Waals surface area (Å²) in [5.74, 6) is 0.543. The highest BCUT2D eigenvalue weighted by molar-refractivity contribution is 7.16. The number of carbonyl (C=O) groups excluding carboxylic acids is 1. The SMILES string of the molecule is C[C@@H](NC(=O)NCCNc1ncccn1)c1ccc(Cl)s1. The number of urea groups is 1. The largest absolute Gasteiger partial charge is 0.352 e. The van der Waals surface area contributed by atoms with Crippen molar-refractivity contribution in [3.05, 3.63) is 39.8 Å². The Morgan fingerprint density at radius 3 is 2.76 bits per heavy atom. The number of thiophene rings is 1. The van der Waals surface area contributed by atoms with E-state index < -0.39 is 0 Å². The predicted molar refractivity (Wildman–Crippen MR) is 84.8 cm³/mol. The van der Waals surface area contributed by atoms with Crippen molar-refractivity contribution >= 4 is 34.9 Å². The lowest BCUT2D eigenvalue weighted by molar-refractivity contribution is 0.238. The van der Waals surface area contributed by atoms with Gasteiger partial charge in [0.2, 0.25) is 5.95 Å². The van der Waals surface area contributed by atoms with Crippen molar-refractivity contribution in [2.45, 2.75) is 13.0 Å². The first-order valence-electron chi connectivity index (χ1n) is 6.45. The van der Waals surface area contributed by atoms with Crippen LogP contribution in [-0.2, 0) is 0 Å². The van der Waals surface area contributed by atoms with Gasteiger partial charge in [-0.25, -0.2) is 14.8 Å². The molecule has 0 unspecified atom stereocenters. The average molecular weight is 326 g/mol. The Hall–Kier alpha value is -1.86. The van der Waals surface area contributed by atoms with Crippen LogP contribution in [0.4, 0.5) is 10.7 Å². The number of hydrogen-bond acceptors (Lipinski definition) is 5. The van der Waals surface area contributed by atoms with Crippen molar-refractivity contribution in [3.8, 4) is 0 Å². The van der Waals surface area contributed by atoms with Gasteiger partial charge in [0.1, 0.15) is 0 Å². The lowest BCUT2D eigenvalue weighted by atomic mass is 10.3. The number of halogens is 1. The van der Waals surface area contributed by atoms with E-state index in [-0.39, 0.29) is 12.1 Å². The molecule has 0 aromatic carbocycles. The first kappa shape index (κ1) is 15.5. The van der Waals surface area contributed by atoms with Gasteiger partial charge in [-0.3, -0.25) is 0 Å². The molecule has 0 radical (unpaired) electrons. The molecule has 1 atom stereocenters. The van der Waals surface area contributed by atoms with Gasteiger partial charge in [0.05, 0.1) is 10.4 Å². The summed E-state index contributed by atoms with van der Waals surface area (Å²) in [6.07, 6.45) is 3.31. The standard InChI is InChI=1S/C13H16ClN5OS/c1-9(10-3-4-11(14)21-10)19-13(20)18-8-7-17-12-15-5-2-6-16-12/h2-6,9H,7-8H2,1H3,(H,15,16,17)(H2,18,19,20)/t9-/m1/s1. The summed E-state index contributed by atoms with van der Waals surface area (Å²) >= 11 is 7.33. The minimum absolute atomic E-state index is 0.0760. The Kier molecular flexibility index (Phi) is 5.77. The van der Waals surface area contributed by atoms with E-state index in [9.17, 15) is 4.79 Å². The van der Waals surface area contributed by atoms with Gasteiger partial charge in [-0.15, -0.1) is 11.3 Å². The minimum Gasteiger partial charge on any atom is -0.352 e. The van der Waals surface area contributed by atoms with Crippen molar-refractivity contribution in [1.29, 1.82) is 0 Å². The molecule has 21 heavy (non-hydrogen) atoms. The highest BCUT2D eigenvalue weighted by Gasteiger charge is 2.10. The minimum atomic E-state index is -0.220. The van der Waals surface area contributed by atoms with Crippen molar-refractivity contribution in [3.63, 3.8) is 0 Å². The van der Waals surface area contributed by atoms with Gasteiger partial charge in [0.25, 0.3) is 0 Å². The lowest BCUT2D eigenvalue weighted by Gasteiger charge is -2.13. The summed E-state index contributed by atoms with van der Waals surface area (Å²) in [5, 5.41) is 8.62. The molecule has 0 saturated carbocycles. The van der Waals surface area contributed by atoms with Gasteiger partial charge in [0, 0.05) is 30.4 Å². The highest BCUT2D eigenvalue weighted by atomic mass is 35.5. The number of aromatic nitrogens is 2.